The normalized spacial score (nSPS) is 26.9. The highest BCUT2D eigenvalue weighted by Crippen LogP contribution is 2.52. The van der Waals surface area contributed by atoms with Gasteiger partial charge in [-0.25, -0.2) is 0 Å². The molecule has 6 atom stereocenters. The molecule has 5 nitrogen and oxygen atoms in total. The Kier molecular flexibility index (Phi) is 16.1. The van der Waals surface area contributed by atoms with Crippen molar-refractivity contribution in [2.75, 3.05) is 13.3 Å². The first-order valence-corrected chi connectivity index (χ1v) is 15.1. The third-order valence-corrected chi connectivity index (χ3v) is 9.14. The zero-order valence-corrected chi connectivity index (χ0v) is 26.1. The lowest BCUT2D eigenvalue weighted by Gasteiger charge is -2.51. The summed E-state index contributed by atoms with van der Waals surface area (Å²) in [5.41, 5.74) is 6.66. The molecular formula is C31H55N3O2S. The molecule has 2 bridgehead atoms. The van der Waals surface area contributed by atoms with Gasteiger partial charge in [0.05, 0.1) is 7.05 Å². The molecule has 0 aliphatic heterocycles. The molecule has 0 heterocycles. The van der Waals surface area contributed by atoms with E-state index < -0.39 is 0 Å². The number of amides is 1. The van der Waals surface area contributed by atoms with Crippen LogP contribution in [-0.2, 0) is 4.79 Å². The van der Waals surface area contributed by atoms with Crippen LogP contribution in [0.3, 0.4) is 0 Å². The Labute approximate surface area is 232 Å². The van der Waals surface area contributed by atoms with Crippen molar-refractivity contribution < 1.29 is 4.79 Å². The maximum atomic E-state index is 13.0. The van der Waals surface area contributed by atoms with Gasteiger partial charge in [0, 0.05) is 27.5 Å². The summed E-state index contributed by atoms with van der Waals surface area (Å²) in [6, 6.07) is 10.6. The molecule has 0 saturated heterocycles. The molecule has 0 aromatic heterocycles. The molecule has 212 valence electrons. The highest BCUT2D eigenvalue weighted by Gasteiger charge is 2.47. The lowest BCUT2D eigenvalue weighted by molar-refractivity contribution is -0.134. The largest absolute Gasteiger partial charge is 0.402 e. The lowest BCUT2D eigenvalue weighted by Crippen LogP contribution is -2.55. The Bertz CT molecular complexity index is 812. The molecular weight excluding hydrogens is 478 g/mol. The van der Waals surface area contributed by atoms with Gasteiger partial charge in [0.15, 0.2) is 0 Å². The van der Waals surface area contributed by atoms with E-state index in [0.29, 0.717) is 17.8 Å². The van der Waals surface area contributed by atoms with E-state index in [0.717, 1.165) is 30.9 Å². The second kappa shape index (κ2) is 16.9. The van der Waals surface area contributed by atoms with Gasteiger partial charge < -0.3 is 11.1 Å². The van der Waals surface area contributed by atoms with Crippen LogP contribution in [0.4, 0.5) is 0 Å². The van der Waals surface area contributed by atoms with Gasteiger partial charge in [0.2, 0.25) is 5.91 Å². The molecule has 0 spiro atoms. The second-order valence-electron chi connectivity index (χ2n) is 11.3. The first kappa shape index (κ1) is 35.2. The van der Waals surface area contributed by atoms with E-state index in [1.807, 2.05) is 32.0 Å². The molecule has 3 rings (SSSR count). The smallest absolute Gasteiger partial charge is 0.226 e. The highest BCUT2D eigenvalue weighted by molar-refractivity contribution is 7.98. The van der Waals surface area contributed by atoms with Crippen molar-refractivity contribution in [3.05, 3.63) is 47.5 Å². The minimum Gasteiger partial charge on any atom is -0.402 e. The summed E-state index contributed by atoms with van der Waals surface area (Å²) in [7, 11) is 1.19. The number of nitrogens with two attached hydrogens (primary N) is 1. The number of rotatable bonds is 6. The summed E-state index contributed by atoms with van der Waals surface area (Å²) in [5.74, 6) is 2.38. The lowest BCUT2D eigenvalue weighted by atomic mass is 9.57. The first-order valence-electron chi connectivity index (χ1n) is 13.9. The van der Waals surface area contributed by atoms with E-state index >= 15 is 0 Å². The summed E-state index contributed by atoms with van der Waals surface area (Å²) in [6.07, 6.45) is 7.72. The zero-order chi connectivity index (χ0) is 28.8. The van der Waals surface area contributed by atoms with Gasteiger partial charge in [-0.15, -0.1) is 11.8 Å². The number of allylic oxidation sites excluding steroid dienone is 1. The number of nitroso groups, excluding NO2 is 1. The third kappa shape index (κ3) is 10.5. The molecule has 2 saturated carbocycles. The molecule has 6 heteroatoms. The Morgan fingerprint density at radius 3 is 2.22 bits per heavy atom. The summed E-state index contributed by atoms with van der Waals surface area (Å²) >= 11 is 1.77. The molecule has 0 radical (unpaired) electrons. The number of carbonyl (C=O) groups is 1. The van der Waals surface area contributed by atoms with Crippen molar-refractivity contribution in [3.8, 4) is 0 Å². The monoisotopic (exact) mass is 533 g/mol. The van der Waals surface area contributed by atoms with Crippen LogP contribution in [0.25, 0.3) is 0 Å². The summed E-state index contributed by atoms with van der Waals surface area (Å²) in [4.78, 5) is 22.9. The first-order chi connectivity index (χ1) is 17.4. The molecule has 1 amide bonds. The quantitative estimate of drug-likeness (QED) is 0.284. The van der Waals surface area contributed by atoms with Crippen LogP contribution in [0, 0.1) is 39.4 Å². The Morgan fingerprint density at radius 2 is 1.78 bits per heavy atom. The zero-order valence-electron chi connectivity index (χ0n) is 25.3. The number of carbonyl (C=O) groups excluding carboxylic acids is 1. The Morgan fingerprint density at radius 1 is 1.24 bits per heavy atom. The van der Waals surface area contributed by atoms with E-state index in [1.54, 1.807) is 11.8 Å². The van der Waals surface area contributed by atoms with E-state index in [-0.39, 0.29) is 22.8 Å². The topological polar surface area (TPSA) is 84.5 Å². The van der Waals surface area contributed by atoms with Crippen molar-refractivity contribution in [3.63, 3.8) is 0 Å². The van der Waals surface area contributed by atoms with Crippen molar-refractivity contribution in [1.82, 2.24) is 5.32 Å². The van der Waals surface area contributed by atoms with E-state index in [1.165, 1.54) is 24.8 Å². The van der Waals surface area contributed by atoms with Gasteiger partial charge in [-0.1, -0.05) is 91.8 Å². The van der Waals surface area contributed by atoms with Crippen LogP contribution in [0.1, 0.15) is 87.5 Å². The average molecular weight is 534 g/mol. The fourth-order valence-electron chi connectivity index (χ4n) is 5.63. The van der Waals surface area contributed by atoms with Gasteiger partial charge in [-0.2, -0.15) is 4.91 Å². The number of hydrogen-bond donors (Lipinski definition) is 2. The number of hydrogen-bond acceptors (Lipinski definition) is 5. The van der Waals surface area contributed by atoms with Crippen LogP contribution >= 0.6 is 11.8 Å². The number of nitrogens with zero attached hydrogens (tertiary/aromatic N) is 1. The minimum atomic E-state index is -0.319. The Balaban J connectivity index is 0.000000823. The maximum Gasteiger partial charge on any atom is 0.226 e. The van der Waals surface area contributed by atoms with E-state index in [2.05, 4.69) is 77.0 Å². The summed E-state index contributed by atoms with van der Waals surface area (Å²) < 4.78 is 0. The fourth-order valence-corrected chi connectivity index (χ4v) is 6.06. The highest BCUT2D eigenvalue weighted by atomic mass is 32.2. The van der Waals surface area contributed by atoms with Crippen molar-refractivity contribution >= 4 is 17.7 Å². The van der Waals surface area contributed by atoms with Gasteiger partial charge in [-0.05, 0) is 67.7 Å². The predicted molar refractivity (Wildman–Crippen MR) is 163 cm³/mol. The predicted octanol–water partition coefficient (Wildman–Crippen LogP) is 8.30. The minimum absolute atomic E-state index is 0.0307. The van der Waals surface area contributed by atoms with Crippen molar-refractivity contribution in [2.45, 2.75) is 98.4 Å². The third-order valence-electron chi connectivity index (χ3n) is 8.40. The standard InChI is InChI=1S/C21H38N2O.C7H8S.C2H6.CH3NO/c1-8-14(3)20(5,6)19(24)23-18-13(2)9-16-10-17(18)12-21(7,11-16)15(4)22;1-8-7-5-3-2-4-6-7;1-2;1-2-3/h13-14,16-18H,4,8-12,22H2,1-3,5-7H3,(H,23,24);2-6H,1H3;1-2H3;1H3. The molecule has 2 fully saturated rings. The van der Waals surface area contributed by atoms with E-state index in [9.17, 15) is 4.79 Å². The van der Waals surface area contributed by atoms with Crippen LogP contribution in [0.2, 0.25) is 0 Å². The second-order valence-corrected chi connectivity index (χ2v) is 12.2. The van der Waals surface area contributed by atoms with Gasteiger partial charge in [-0.3, -0.25) is 4.79 Å². The van der Waals surface area contributed by atoms with Crippen molar-refractivity contribution in [1.29, 1.82) is 0 Å². The molecule has 2 aliphatic carbocycles. The number of benzene rings is 1. The van der Waals surface area contributed by atoms with Gasteiger partial charge in [0.1, 0.15) is 0 Å². The molecule has 6 unspecified atom stereocenters. The average Bonchev–Trinajstić information content (AvgIpc) is 2.87. The van der Waals surface area contributed by atoms with Gasteiger partial charge >= 0.3 is 0 Å². The number of nitrogens with one attached hydrogen (secondary N) is 1. The number of fused-ring (bicyclic) bond motifs is 2. The fraction of sp³-hybridized carbons (Fsp3) is 0.710. The molecule has 1 aromatic carbocycles. The van der Waals surface area contributed by atoms with E-state index in [4.69, 9.17) is 10.6 Å². The summed E-state index contributed by atoms with van der Waals surface area (Å²) in [5, 5.41) is 5.70. The van der Waals surface area contributed by atoms with Crippen LogP contribution in [0.5, 0.6) is 0 Å². The maximum absolute atomic E-state index is 13.0. The van der Waals surface area contributed by atoms with Crippen LogP contribution in [-0.4, -0.2) is 25.3 Å². The molecule has 1 aromatic rings. The molecule has 3 N–H and O–H groups in total. The summed E-state index contributed by atoms with van der Waals surface area (Å²) in [6.45, 7) is 21.1. The number of thioether (sulfide) groups is 1. The van der Waals surface area contributed by atoms with Crippen molar-refractivity contribution in [2.24, 2.45) is 45.4 Å². The Hall–Kier alpha value is -1.82. The van der Waals surface area contributed by atoms with Crippen LogP contribution < -0.4 is 11.1 Å². The van der Waals surface area contributed by atoms with Crippen LogP contribution in [0.15, 0.2) is 52.7 Å². The molecule has 37 heavy (non-hydrogen) atoms. The molecule has 2 aliphatic rings. The SMILES string of the molecule is C=C(N)C1(C)CC2CC(C)C(NC(=O)C(C)(C)C(C)CC)C(C2)C1.CC.CN=O.CSc1ccccc1. The van der Waals surface area contributed by atoms with Gasteiger partial charge in [0.25, 0.3) is 0 Å².